The van der Waals surface area contributed by atoms with Gasteiger partial charge in [0.05, 0.1) is 6.54 Å². The Hall–Kier alpha value is 0.0200. The van der Waals surface area contributed by atoms with Gasteiger partial charge in [-0.15, -0.1) is 0 Å². The number of hydrogen-bond donors (Lipinski definition) is 1. The number of nitrogens with two attached hydrogens (primary N) is 1. The van der Waals surface area contributed by atoms with Gasteiger partial charge in [0.1, 0.15) is 0 Å². The SMILES string of the molecule is CCSCCC(CN)N1CCN(CC(F)(F)F)CC1. The topological polar surface area (TPSA) is 32.5 Å². The average molecular weight is 299 g/mol. The largest absolute Gasteiger partial charge is 0.401 e. The van der Waals surface area contributed by atoms with Crippen molar-refractivity contribution in [2.75, 3.05) is 50.8 Å². The maximum absolute atomic E-state index is 12.3. The van der Waals surface area contributed by atoms with E-state index in [2.05, 4.69) is 11.8 Å². The second kappa shape index (κ2) is 8.34. The highest BCUT2D eigenvalue weighted by molar-refractivity contribution is 7.99. The van der Waals surface area contributed by atoms with Crippen LogP contribution in [0.25, 0.3) is 0 Å². The molecule has 1 rings (SSSR count). The molecule has 0 aromatic rings. The first-order valence-corrected chi connectivity index (χ1v) is 7.92. The molecule has 1 unspecified atom stereocenters. The fourth-order valence-corrected chi connectivity index (χ4v) is 3.08. The normalized spacial score (nSPS) is 20.7. The van der Waals surface area contributed by atoms with E-state index in [4.69, 9.17) is 5.73 Å². The Morgan fingerprint density at radius 1 is 1.21 bits per heavy atom. The Morgan fingerprint density at radius 2 is 1.84 bits per heavy atom. The Labute approximate surface area is 117 Å². The van der Waals surface area contributed by atoms with Crippen molar-refractivity contribution in [3.63, 3.8) is 0 Å². The number of piperazine rings is 1. The van der Waals surface area contributed by atoms with Crippen LogP contribution in [0.4, 0.5) is 13.2 Å². The molecule has 1 atom stereocenters. The molecule has 0 spiro atoms. The molecule has 114 valence electrons. The lowest BCUT2D eigenvalue weighted by atomic mass is 10.1. The number of alkyl halides is 3. The standard InChI is InChI=1S/C12H24F3N3S/c1-2-19-8-3-11(9-16)18-6-4-17(5-7-18)10-12(13,14)15/h11H,2-10,16H2,1H3. The molecule has 1 fully saturated rings. The summed E-state index contributed by atoms with van der Waals surface area (Å²) in [5, 5.41) is 0. The molecule has 1 heterocycles. The van der Waals surface area contributed by atoms with Gasteiger partial charge >= 0.3 is 6.18 Å². The number of halogens is 3. The highest BCUT2D eigenvalue weighted by Crippen LogP contribution is 2.18. The van der Waals surface area contributed by atoms with Crippen LogP contribution in [0, 0.1) is 0 Å². The van der Waals surface area contributed by atoms with E-state index in [1.807, 2.05) is 11.8 Å². The van der Waals surface area contributed by atoms with E-state index in [-0.39, 0.29) is 0 Å². The molecule has 0 aliphatic carbocycles. The molecule has 1 saturated heterocycles. The van der Waals surface area contributed by atoms with Crippen LogP contribution in [0.3, 0.4) is 0 Å². The van der Waals surface area contributed by atoms with Crippen LogP contribution in [-0.2, 0) is 0 Å². The maximum atomic E-state index is 12.3. The van der Waals surface area contributed by atoms with E-state index in [0.29, 0.717) is 38.8 Å². The third-order valence-electron chi connectivity index (χ3n) is 3.40. The van der Waals surface area contributed by atoms with E-state index >= 15 is 0 Å². The van der Waals surface area contributed by atoms with Crippen molar-refractivity contribution in [1.29, 1.82) is 0 Å². The van der Waals surface area contributed by atoms with Gasteiger partial charge in [-0.05, 0) is 17.9 Å². The smallest absolute Gasteiger partial charge is 0.329 e. The molecule has 0 bridgehead atoms. The van der Waals surface area contributed by atoms with Crippen molar-refractivity contribution in [1.82, 2.24) is 9.80 Å². The van der Waals surface area contributed by atoms with Gasteiger partial charge in [0, 0.05) is 38.8 Å². The summed E-state index contributed by atoms with van der Waals surface area (Å²) in [7, 11) is 0. The van der Waals surface area contributed by atoms with Gasteiger partial charge < -0.3 is 5.73 Å². The Morgan fingerprint density at radius 3 is 2.32 bits per heavy atom. The summed E-state index contributed by atoms with van der Waals surface area (Å²) in [4.78, 5) is 3.72. The molecule has 2 N–H and O–H groups in total. The molecular formula is C12H24F3N3S. The molecule has 19 heavy (non-hydrogen) atoms. The lowest BCUT2D eigenvalue weighted by Crippen LogP contribution is -2.53. The fraction of sp³-hybridized carbons (Fsp3) is 1.00. The van der Waals surface area contributed by atoms with Crippen LogP contribution in [-0.4, -0.2) is 72.8 Å². The predicted octanol–water partition coefficient (Wildman–Crippen LogP) is 1.64. The Bertz CT molecular complexity index is 243. The van der Waals surface area contributed by atoms with Crippen LogP contribution in [0.1, 0.15) is 13.3 Å². The van der Waals surface area contributed by atoms with Gasteiger partial charge in [-0.1, -0.05) is 6.92 Å². The molecule has 0 radical (unpaired) electrons. The Balaban J connectivity index is 2.30. The van der Waals surface area contributed by atoms with Crippen LogP contribution in [0.5, 0.6) is 0 Å². The first-order valence-electron chi connectivity index (χ1n) is 6.77. The summed E-state index contributed by atoms with van der Waals surface area (Å²) in [5.41, 5.74) is 5.78. The highest BCUT2D eigenvalue weighted by Gasteiger charge is 2.32. The zero-order chi connectivity index (χ0) is 14.3. The first kappa shape index (κ1) is 17.1. The molecule has 1 aliphatic heterocycles. The van der Waals surface area contributed by atoms with Crippen molar-refractivity contribution >= 4 is 11.8 Å². The monoisotopic (exact) mass is 299 g/mol. The summed E-state index contributed by atoms with van der Waals surface area (Å²) in [5.74, 6) is 2.16. The lowest BCUT2D eigenvalue weighted by Gasteiger charge is -2.39. The predicted molar refractivity (Wildman–Crippen MR) is 74.5 cm³/mol. The molecule has 1 aliphatic rings. The molecule has 0 aromatic heterocycles. The van der Waals surface area contributed by atoms with Gasteiger partial charge in [-0.2, -0.15) is 24.9 Å². The van der Waals surface area contributed by atoms with Gasteiger partial charge in [-0.25, -0.2) is 0 Å². The van der Waals surface area contributed by atoms with Crippen LogP contribution >= 0.6 is 11.8 Å². The summed E-state index contributed by atoms with van der Waals surface area (Å²) in [6, 6.07) is 0.312. The highest BCUT2D eigenvalue weighted by atomic mass is 32.2. The maximum Gasteiger partial charge on any atom is 0.401 e. The van der Waals surface area contributed by atoms with Gasteiger partial charge in [0.2, 0.25) is 0 Å². The van der Waals surface area contributed by atoms with Crippen molar-refractivity contribution in [3.8, 4) is 0 Å². The van der Waals surface area contributed by atoms with Crippen molar-refractivity contribution in [2.45, 2.75) is 25.6 Å². The van der Waals surface area contributed by atoms with E-state index in [0.717, 1.165) is 17.9 Å². The number of hydrogen-bond acceptors (Lipinski definition) is 4. The third kappa shape index (κ3) is 6.83. The quantitative estimate of drug-likeness (QED) is 0.724. The van der Waals surface area contributed by atoms with Crippen molar-refractivity contribution in [2.24, 2.45) is 5.73 Å². The van der Waals surface area contributed by atoms with Crippen molar-refractivity contribution in [3.05, 3.63) is 0 Å². The second-order valence-electron chi connectivity index (χ2n) is 4.80. The fourth-order valence-electron chi connectivity index (χ4n) is 2.35. The lowest BCUT2D eigenvalue weighted by molar-refractivity contribution is -0.149. The van der Waals surface area contributed by atoms with Gasteiger partial charge in [0.15, 0.2) is 0 Å². The molecule has 0 aromatic carbocycles. The summed E-state index contributed by atoms with van der Waals surface area (Å²) in [6.45, 7) is 4.26. The van der Waals surface area contributed by atoms with E-state index < -0.39 is 12.7 Å². The van der Waals surface area contributed by atoms with Crippen LogP contribution in [0.15, 0.2) is 0 Å². The van der Waals surface area contributed by atoms with Crippen LogP contribution < -0.4 is 5.73 Å². The zero-order valence-electron chi connectivity index (χ0n) is 11.5. The third-order valence-corrected chi connectivity index (χ3v) is 4.33. The Kier molecular flexibility index (Phi) is 7.49. The van der Waals surface area contributed by atoms with E-state index in [1.165, 1.54) is 4.90 Å². The molecule has 0 saturated carbocycles. The first-order chi connectivity index (χ1) is 8.96. The minimum absolute atomic E-state index is 0.312. The van der Waals surface area contributed by atoms with Crippen LogP contribution in [0.2, 0.25) is 0 Å². The van der Waals surface area contributed by atoms with Gasteiger partial charge in [-0.3, -0.25) is 9.80 Å². The summed E-state index contributed by atoms with van der Waals surface area (Å²) < 4.78 is 36.9. The molecule has 3 nitrogen and oxygen atoms in total. The minimum atomic E-state index is -4.09. The van der Waals surface area contributed by atoms with Gasteiger partial charge in [0.25, 0.3) is 0 Å². The van der Waals surface area contributed by atoms with E-state index in [9.17, 15) is 13.2 Å². The summed E-state index contributed by atoms with van der Waals surface area (Å²) in [6.07, 6.45) is -3.07. The number of nitrogens with zero attached hydrogens (tertiary/aromatic N) is 2. The van der Waals surface area contributed by atoms with E-state index in [1.54, 1.807) is 0 Å². The average Bonchev–Trinajstić information content (AvgIpc) is 2.34. The minimum Gasteiger partial charge on any atom is -0.329 e. The second-order valence-corrected chi connectivity index (χ2v) is 6.20. The number of rotatable bonds is 7. The van der Waals surface area contributed by atoms with Crippen molar-refractivity contribution < 1.29 is 13.2 Å². The molecule has 0 amide bonds. The number of thioether (sulfide) groups is 1. The zero-order valence-corrected chi connectivity index (χ0v) is 12.3. The summed E-state index contributed by atoms with van der Waals surface area (Å²) >= 11 is 1.88. The molecule has 7 heteroatoms. The molecular weight excluding hydrogens is 275 g/mol.